The van der Waals surface area contributed by atoms with E-state index in [2.05, 4.69) is 33.8 Å². The smallest absolute Gasteiger partial charge is 0.229 e. The lowest BCUT2D eigenvalue weighted by Gasteiger charge is -2.23. The summed E-state index contributed by atoms with van der Waals surface area (Å²) in [7, 11) is 0. The molecule has 0 spiro atoms. The summed E-state index contributed by atoms with van der Waals surface area (Å²) < 4.78 is 4.12. The predicted octanol–water partition coefficient (Wildman–Crippen LogP) is 2.48. The van der Waals surface area contributed by atoms with Gasteiger partial charge in [-0.1, -0.05) is 0 Å². The number of carbonyl (C=O) groups excluding carboxylic acids is 1. The fourth-order valence-corrected chi connectivity index (χ4v) is 3.15. The lowest BCUT2D eigenvalue weighted by molar-refractivity contribution is -0.120. The number of nitrogens with one attached hydrogen (secondary N) is 1. The molecule has 0 aromatic carbocycles. The summed E-state index contributed by atoms with van der Waals surface area (Å²) in [6.07, 6.45) is 3.48. The van der Waals surface area contributed by atoms with Crippen molar-refractivity contribution in [2.45, 2.75) is 53.1 Å². The van der Waals surface area contributed by atoms with Crippen LogP contribution in [0.15, 0.2) is 12.3 Å². The molecule has 0 saturated carbocycles. The number of amides is 1. The molecular formula is C16H23N5O. The van der Waals surface area contributed by atoms with E-state index in [9.17, 15) is 4.79 Å². The fourth-order valence-electron chi connectivity index (χ4n) is 3.15. The standard InChI is InChI=1S/C16H23N5O/c1-10(2)21-11(3)7-15(19-21)18-16(22)13-5-6-20-12(4)17-9-14(20)8-13/h7,9-10,13H,5-6,8H2,1-4H3,(H,18,19,22). The summed E-state index contributed by atoms with van der Waals surface area (Å²) >= 11 is 0. The average Bonchev–Trinajstić information content (AvgIpc) is 3.02. The number of hydrogen-bond acceptors (Lipinski definition) is 3. The van der Waals surface area contributed by atoms with Gasteiger partial charge in [-0.2, -0.15) is 5.10 Å². The number of carbonyl (C=O) groups is 1. The van der Waals surface area contributed by atoms with Crippen molar-refractivity contribution in [2.24, 2.45) is 5.92 Å². The normalized spacial score (nSPS) is 17.6. The molecule has 1 aliphatic rings. The minimum absolute atomic E-state index is 0.00638. The molecule has 2 aromatic heterocycles. The molecule has 6 nitrogen and oxygen atoms in total. The average molecular weight is 301 g/mol. The minimum Gasteiger partial charge on any atom is -0.332 e. The molecule has 3 heterocycles. The Labute approximate surface area is 130 Å². The van der Waals surface area contributed by atoms with Crippen molar-refractivity contribution >= 4 is 11.7 Å². The zero-order valence-corrected chi connectivity index (χ0v) is 13.6. The molecule has 3 rings (SSSR count). The van der Waals surface area contributed by atoms with Crippen LogP contribution < -0.4 is 5.32 Å². The zero-order chi connectivity index (χ0) is 15.9. The van der Waals surface area contributed by atoms with Crippen LogP contribution in [0.5, 0.6) is 0 Å². The van der Waals surface area contributed by atoms with E-state index in [-0.39, 0.29) is 17.9 Å². The highest BCUT2D eigenvalue weighted by Crippen LogP contribution is 2.23. The number of hydrogen-bond donors (Lipinski definition) is 1. The van der Waals surface area contributed by atoms with E-state index in [1.807, 2.05) is 30.8 Å². The molecule has 118 valence electrons. The lowest BCUT2D eigenvalue weighted by Crippen LogP contribution is -2.30. The van der Waals surface area contributed by atoms with Crippen molar-refractivity contribution < 1.29 is 4.79 Å². The summed E-state index contributed by atoms with van der Waals surface area (Å²) in [6.45, 7) is 9.03. The van der Waals surface area contributed by atoms with Gasteiger partial charge in [0.1, 0.15) is 5.82 Å². The Morgan fingerprint density at radius 1 is 1.41 bits per heavy atom. The van der Waals surface area contributed by atoms with Crippen LogP contribution in [-0.2, 0) is 17.8 Å². The molecule has 22 heavy (non-hydrogen) atoms. The topological polar surface area (TPSA) is 64.7 Å². The number of fused-ring (bicyclic) bond motifs is 1. The Kier molecular flexibility index (Phi) is 3.76. The number of anilines is 1. The molecular weight excluding hydrogens is 278 g/mol. The van der Waals surface area contributed by atoms with Crippen LogP contribution in [-0.4, -0.2) is 25.2 Å². The molecule has 1 atom stereocenters. The van der Waals surface area contributed by atoms with Crippen LogP contribution in [0.1, 0.15) is 43.5 Å². The Morgan fingerprint density at radius 3 is 2.86 bits per heavy atom. The molecule has 6 heteroatoms. The fraction of sp³-hybridized carbons (Fsp3) is 0.562. The molecule has 1 aliphatic heterocycles. The molecule has 1 amide bonds. The van der Waals surface area contributed by atoms with E-state index in [1.165, 1.54) is 0 Å². The number of aryl methyl sites for hydroxylation is 2. The monoisotopic (exact) mass is 301 g/mol. The van der Waals surface area contributed by atoms with Crippen molar-refractivity contribution in [2.75, 3.05) is 5.32 Å². The van der Waals surface area contributed by atoms with Crippen molar-refractivity contribution in [3.8, 4) is 0 Å². The third-order valence-electron chi connectivity index (χ3n) is 4.33. The summed E-state index contributed by atoms with van der Waals surface area (Å²) in [5, 5.41) is 7.42. The van der Waals surface area contributed by atoms with Gasteiger partial charge in [-0.3, -0.25) is 9.48 Å². The summed E-state index contributed by atoms with van der Waals surface area (Å²) in [5.74, 6) is 1.72. The van der Waals surface area contributed by atoms with E-state index < -0.39 is 0 Å². The first-order valence-corrected chi connectivity index (χ1v) is 7.83. The van der Waals surface area contributed by atoms with Crippen LogP contribution >= 0.6 is 0 Å². The van der Waals surface area contributed by atoms with Gasteiger partial charge in [-0.25, -0.2) is 4.98 Å². The maximum absolute atomic E-state index is 12.5. The number of imidazole rings is 1. The highest BCUT2D eigenvalue weighted by atomic mass is 16.2. The maximum Gasteiger partial charge on any atom is 0.229 e. The van der Waals surface area contributed by atoms with Gasteiger partial charge in [0.15, 0.2) is 5.82 Å². The van der Waals surface area contributed by atoms with Gasteiger partial charge >= 0.3 is 0 Å². The first-order valence-electron chi connectivity index (χ1n) is 7.83. The number of aromatic nitrogens is 4. The van der Waals surface area contributed by atoms with Gasteiger partial charge in [-0.15, -0.1) is 0 Å². The maximum atomic E-state index is 12.5. The van der Waals surface area contributed by atoms with Crippen molar-refractivity contribution in [1.29, 1.82) is 0 Å². The molecule has 0 bridgehead atoms. The van der Waals surface area contributed by atoms with Gasteiger partial charge in [0.05, 0.1) is 0 Å². The summed E-state index contributed by atoms with van der Waals surface area (Å²) in [4.78, 5) is 16.8. The van der Waals surface area contributed by atoms with Crippen LogP contribution in [0.25, 0.3) is 0 Å². The third-order valence-corrected chi connectivity index (χ3v) is 4.33. The largest absolute Gasteiger partial charge is 0.332 e. The second-order valence-electron chi connectivity index (χ2n) is 6.34. The molecule has 1 N–H and O–H groups in total. The van der Waals surface area contributed by atoms with Gasteiger partial charge in [-0.05, 0) is 34.1 Å². The van der Waals surface area contributed by atoms with E-state index in [4.69, 9.17) is 0 Å². The van der Waals surface area contributed by atoms with E-state index in [1.54, 1.807) is 0 Å². The Balaban J connectivity index is 1.69. The highest BCUT2D eigenvalue weighted by Gasteiger charge is 2.26. The van der Waals surface area contributed by atoms with Crippen LogP contribution in [0.2, 0.25) is 0 Å². The predicted molar refractivity (Wildman–Crippen MR) is 84.8 cm³/mol. The molecule has 0 saturated heterocycles. The highest BCUT2D eigenvalue weighted by molar-refractivity contribution is 5.91. The first-order chi connectivity index (χ1) is 10.5. The second-order valence-corrected chi connectivity index (χ2v) is 6.34. The Bertz CT molecular complexity index is 697. The first kappa shape index (κ1) is 14.8. The molecule has 2 aromatic rings. The molecule has 0 fully saturated rings. The van der Waals surface area contributed by atoms with Gasteiger partial charge in [0.2, 0.25) is 5.91 Å². The van der Waals surface area contributed by atoms with Gasteiger partial charge in [0.25, 0.3) is 0 Å². The number of rotatable bonds is 3. The second kappa shape index (κ2) is 5.59. The number of nitrogens with zero attached hydrogens (tertiary/aromatic N) is 4. The van der Waals surface area contributed by atoms with E-state index >= 15 is 0 Å². The van der Waals surface area contributed by atoms with Gasteiger partial charge in [0, 0.05) is 48.6 Å². The van der Waals surface area contributed by atoms with Crippen molar-refractivity contribution in [1.82, 2.24) is 19.3 Å². The summed E-state index contributed by atoms with van der Waals surface area (Å²) in [5.41, 5.74) is 2.20. The third kappa shape index (κ3) is 2.65. The van der Waals surface area contributed by atoms with Crippen molar-refractivity contribution in [3.05, 3.63) is 29.5 Å². The van der Waals surface area contributed by atoms with Crippen LogP contribution in [0.4, 0.5) is 5.82 Å². The zero-order valence-electron chi connectivity index (χ0n) is 13.6. The lowest BCUT2D eigenvalue weighted by atomic mass is 9.95. The summed E-state index contributed by atoms with van der Waals surface area (Å²) in [6, 6.07) is 2.22. The molecule has 0 aliphatic carbocycles. The van der Waals surface area contributed by atoms with Gasteiger partial charge < -0.3 is 9.88 Å². The van der Waals surface area contributed by atoms with Crippen molar-refractivity contribution in [3.63, 3.8) is 0 Å². The Hall–Kier alpha value is -2.11. The quantitative estimate of drug-likeness (QED) is 0.947. The SMILES string of the molecule is Cc1cc(NC(=O)C2CCn3c(cnc3C)C2)nn1C(C)C. The van der Waals surface area contributed by atoms with Crippen LogP contribution in [0.3, 0.4) is 0 Å². The molecule has 1 unspecified atom stereocenters. The Morgan fingerprint density at radius 2 is 2.18 bits per heavy atom. The van der Waals surface area contributed by atoms with Crippen LogP contribution in [0, 0.1) is 19.8 Å². The van der Waals surface area contributed by atoms with E-state index in [0.717, 1.165) is 36.6 Å². The molecule has 0 radical (unpaired) electrons. The minimum atomic E-state index is -0.00638. The van der Waals surface area contributed by atoms with E-state index in [0.29, 0.717) is 5.82 Å².